The lowest BCUT2D eigenvalue weighted by Gasteiger charge is -1.99. The van der Waals surface area contributed by atoms with Gasteiger partial charge in [-0.15, -0.1) is 4.68 Å². The molecule has 7 nitrogen and oxygen atoms in total. The summed E-state index contributed by atoms with van der Waals surface area (Å²) in [5, 5.41) is 14.4. The summed E-state index contributed by atoms with van der Waals surface area (Å²) in [6.45, 7) is 3.29. The summed E-state index contributed by atoms with van der Waals surface area (Å²) in [6.07, 6.45) is 0. The van der Waals surface area contributed by atoms with E-state index in [0.29, 0.717) is 5.69 Å². The van der Waals surface area contributed by atoms with Gasteiger partial charge < -0.3 is 14.9 Å². The lowest BCUT2D eigenvalue weighted by Crippen LogP contribution is -2.16. The molecule has 0 spiro atoms. The molecule has 0 saturated carbocycles. The number of carbonyl (C=O) groups is 1. The number of esters is 1. The SMILES string of the molecule is CCOC(=O)Cn1nc(C)cc1[N+](=O)[O-]. The van der Waals surface area contributed by atoms with Gasteiger partial charge in [0.25, 0.3) is 0 Å². The molecule has 1 aromatic rings. The van der Waals surface area contributed by atoms with Gasteiger partial charge in [-0.1, -0.05) is 5.10 Å². The van der Waals surface area contributed by atoms with Crippen LogP contribution in [-0.4, -0.2) is 27.3 Å². The third-order valence-corrected chi connectivity index (χ3v) is 1.65. The van der Waals surface area contributed by atoms with Crippen LogP contribution < -0.4 is 0 Å². The van der Waals surface area contributed by atoms with Gasteiger partial charge in [0.15, 0.2) is 0 Å². The lowest BCUT2D eigenvalue weighted by atomic mass is 10.5. The van der Waals surface area contributed by atoms with Gasteiger partial charge in [-0.2, -0.15) is 0 Å². The lowest BCUT2D eigenvalue weighted by molar-refractivity contribution is -0.392. The molecular weight excluding hydrogens is 202 g/mol. The van der Waals surface area contributed by atoms with Crippen molar-refractivity contribution < 1.29 is 14.5 Å². The fourth-order valence-corrected chi connectivity index (χ4v) is 1.12. The maximum Gasteiger partial charge on any atom is 0.350 e. The molecule has 0 aromatic carbocycles. The van der Waals surface area contributed by atoms with Gasteiger partial charge in [0.05, 0.1) is 18.4 Å². The number of rotatable bonds is 4. The number of aryl methyl sites for hydroxylation is 1. The molecule has 82 valence electrons. The maximum atomic E-state index is 11.1. The molecule has 0 aliphatic carbocycles. The molecule has 15 heavy (non-hydrogen) atoms. The zero-order valence-corrected chi connectivity index (χ0v) is 8.47. The monoisotopic (exact) mass is 213 g/mol. The first-order valence-corrected chi connectivity index (χ1v) is 4.39. The van der Waals surface area contributed by atoms with E-state index in [4.69, 9.17) is 0 Å². The van der Waals surface area contributed by atoms with Crippen molar-refractivity contribution in [2.45, 2.75) is 20.4 Å². The summed E-state index contributed by atoms with van der Waals surface area (Å²) < 4.78 is 5.69. The molecule has 0 unspecified atom stereocenters. The normalized spacial score (nSPS) is 10.0. The highest BCUT2D eigenvalue weighted by Gasteiger charge is 2.19. The van der Waals surface area contributed by atoms with E-state index in [1.807, 2.05) is 0 Å². The summed E-state index contributed by atoms with van der Waals surface area (Å²) in [6, 6.07) is 1.30. The van der Waals surface area contributed by atoms with E-state index in [9.17, 15) is 14.9 Å². The zero-order valence-electron chi connectivity index (χ0n) is 8.47. The van der Waals surface area contributed by atoms with E-state index in [1.54, 1.807) is 13.8 Å². The van der Waals surface area contributed by atoms with Crippen LogP contribution in [0.15, 0.2) is 6.07 Å². The molecule has 1 aromatic heterocycles. The number of carbonyl (C=O) groups excluding carboxylic acids is 1. The van der Waals surface area contributed by atoms with Crippen LogP contribution in [0.2, 0.25) is 0 Å². The number of nitrogens with zero attached hydrogens (tertiary/aromatic N) is 3. The Hall–Kier alpha value is -1.92. The molecule has 0 bridgehead atoms. The van der Waals surface area contributed by atoms with Gasteiger partial charge in [0.1, 0.15) is 0 Å². The first kappa shape index (κ1) is 11.2. The topological polar surface area (TPSA) is 87.3 Å². The van der Waals surface area contributed by atoms with Crippen LogP contribution in [0.25, 0.3) is 0 Å². The predicted molar refractivity (Wildman–Crippen MR) is 50.3 cm³/mol. The molecule has 0 aliphatic heterocycles. The van der Waals surface area contributed by atoms with E-state index in [2.05, 4.69) is 9.84 Å². The van der Waals surface area contributed by atoms with E-state index in [-0.39, 0.29) is 19.0 Å². The van der Waals surface area contributed by atoms with Crippen LogP contribution in [0.5, 0.6) is 0 Å². The first-order valence-electron chi connectivity index (χ1n) is 4.39. The minimum absolute atomic E-state index is 0.208. The van der Waals surface area contributed by atoms with E-state index < -0.39 is 10.9 Å². The quantitative estimate of drug-likeness (QED) is 0.416. The Bertz CT molecular complexity index is 385. The Kier molecular flexibility index (Phi) is 3.37. The minimum atomic E-state index is -0.584. The molecule has 0 atom stereocenters. The molecule has 7 heteroatoms. The first-order chi connectivity index (χ1) is 7.04. The van der Waals surface area contributed by atoms with E-state index >= 15 is 0 Å². The van der Waals surface area contributed by atoms with Crippen molar-refractivity contribution >= 4 is 11.8 Å². The molecule has 0 radical (unpaired) electrons. The largest absolute Gasteiger partial charge is 0.463 e. The number of aromatic nitrogens is 2. The van der Waals surface area contributed by atoms with Crippen LogP contribution in [0, 0.1) is 17.0 Å². The summed E-state index contributed by atoms with van der Waals surface area (Å²) >= 11 is 0. The van der Waals surface area contributed by atoms with Gasteiger partial charge in [-0.3, -0.25) is 0 Å². The molecule has 1 heterocycles. The number of hydrogen-bond acceptors (Lipinski definition) is 5. The summed E-state index contributed by atoms with van der Waals surface area (Å²) in [5.74, 6) is -0.746. The fraction of sp³-hybridized carbons (Fsp3) is 0.500. The summed E-state index contributed by atoms with van der Waals surface area (Å²) in [5.41, 5.74) is 0.492. The average Bonchev–Trinajstić information content (AvgIpc) is 2.47. The molecule has 0 saturated heterocycles. The van der Waals surface area contributed by atoms with Gasteiger partial charge in [-0.25, -0.2) is 4.79 Å². The molecular formula is C8H11N3O4. The van der Waals surface area contributed by atoms with Crippen molar-refractivity contribution in [1.29, 1.82) is 0 Å². The molecule has 0 N–H and O–H groups in total. The smallest absolute Gasteiger partial charge is 0.350 e. The number of hydrogen-bond donors (Lipinski definition) is 0. The zero-order chi connectivity index (χ0) is 11.4. The van der Waals surface area contributed by atoms with Gasteiger partial charge in [0.2, 0.25) is 6.54 Å². The van der Waals surface area contributed by atoms with Crippen molar-refractivity contribution in [3.05, 3.63) is 21.9 Å². The second-order valence-corrected chi connectivity index (χ2v) is 2.86. The van der Waals surface area contributed by atoms with Crippen molar-refractivity contribution in [3.8, 4) is 0 Å². The second kappa shape index (κ2) is 4.54. The highest BCUT2D eigenvalue weighted by molar-refractivity contribution is 5.69. The molecule has 0 amide bonds. The molecule has 1 rings (SSSR count). The van der Waals surface area contributed by atoms with Crippen molar-refractivity contribution in [1.82, 2.24) is 9.78 Å². The van der Waals surface area contributed by atoms with Crippen LogP contribution in [0.4, 0.5) is 5.82 Å². The molecule has 0 aliphatic rings. The molecule has 0 fully saturated rings. The van der Waals surface area contributed by atoms with Crippen LogP contribution in [-0.2, 0) is 16.1 Å². The summed E-state index contributed by atoms with van der Waals surface area (Å²) in [4.78, 5) is 21.1. The van der Waals surface area contributed by atoms with E-state index in [0.717, 1.165) is 4.68 Å². The standard InChI is InChI=1S/C8H11N3O4/c1-3-15-8(12)5-10-7(11(13)14)4-6(2)9-10/h4H,3,5H2,1-2H3. The minimum Gasteiger partial charge on any atom is -0.463 e. The second-order valence-electron chi connectivity index (χ2n) is 2.86. The van der Waals surface area contributed by atoms with E-state index in [1.165, 1.54) is 6.07 Å². The highest BCUT2D eigenvalue weighted by Crippen LogP contribution is 2.12. The number of ether oxygens (including phenoxy) is 1. The van der Waals surface area contributed by atoms with Crippen molar-refractivity contribution in [2.24, 2.45) is 0 Å². The predicted octanol–water partition coefficient (Wildman–Crippen LogP) is 0.663. The number of nitro groups is 1. The van der Waals surface area contributed by atoms with Crippen LogP contribution >= 0.6 is 0 Å². The Balaban J connectivity index is 2.84. The van der Waals surface area contributed by atoms with Crippen LogP contribution in [0.1, 0.15) is 12.6 Å². The van der Waals surface area contributed by atoms with Gasteiger partial charge >= 0.3 is 11.8 Å². The Morgan fingerprint density at radius 3 is 2.93 bits per heavy atom. The maximum absolute atomic E-state index is 11.1. The van der Waals surface area contributed by atoms with Crippen LogP contribution in [0.3, 0.4) is 0 Å². The third-order valence-electron chi connectivity index (χ3n) is 1.65. The average molecular weight is 213 g/mol. The summed E-state index contributed by atoms with van der Waals surface area (Å²) in [7, 11) is 0. The Morgan fingerprint density at radius 2 is 2.40 bits per heavy atom. The fourth-order valence-electron chi connectivity index (χ4n) is 1.12. The van der Waals surface area contributed by atoms with Gasteiger partial charge in [0, 0.05) is 0 Å². The highest BCUT2D eigenvalue weighted by atomic mass is 16.6. The van der Waals surface area contributed by atoms with Gasteiger partial charge in [-0.05, 0) is 18.8 Å². The van der Waals surface area contributed by atoms with Crippen molar-refractivity contribution in [3.63, 3.8) is 0 Å². The Labute approximate surface area is 85.8 Å². The Morgan fingerprint density at radius 1 is 1.73 bits per heavy atom. The van der Waals surface area contributed by atoms with Crippen molar-refractivity contribution in [2.75, 3.05) is 6.61 Å². The third kappa shape index (κ3) is 2.76.